The molecule has 0 aromatic carbocycles. The summed E-state index contributed by atoms with van der Waals surface area (Å²) in [6.07, 6.45) is 3.18. The Kier molecular flexibility index (Phi) is 3.69. The molecule has 0 amide bonds. The summed E-state index contributed by atoms with van der Waals surface area (Å²) < 4.78 is 0. The molecular formula is C9H16N2S. The van der Waals surface area contributed by atoms with Crippen molar-refractivity contribution >= 4 is 11.3 Å². The molecule has 0 bridgehead atoms. The van der Waals surface area contributed by atoms with E-state index in [1.165, 1.54) is 5.01 Å². The number of thiazole rings is 1. The Labute approximate surface area is 77.8 Å². The second kappa shape index (κ2) is 4.58. The van der Waals surface area contributed by atoms with Gasteiger partial charge in [0.1, 0.15) is 0 Å². The minimum absolute atomic E-state index is 0.145. The van der Waals surface area contributed by atoms with Crippen molar-refractivity contribution in [3.8, 4) is 0 Å². The Bertz CT molecular complexity index is 232. The molecule has 1 heterocycles. The first-order valence-electron chi connectivity index (χ1n) is 4.47. The van der Waals surface area contributed by atoms with Gasteiger partial charge in [0.05, 0.1) is 10.7 Å². The van der Waals surface area contributed by atoms with E-state index in [9.17, 15) is 0 Å². The number of aromatic nitrogens is 1. The number of aryl methyl sites for hydroxylation is 1. The largest absolute Gasteiger partial charge is 0.323 e. The predicted octanol–water partition coefficient (Wildman–Crippen LogP) is 2.51. The van der Waals surface area contributed by atoms with Crippen molar-refractivity contribution in [2.75, 3.05) is 0 Å². The average Bonchev–Trinajstić information content (AvgIpc) is 2.52. The minimum atomic E-state index is 0.145. The topological polar surface area (TPSA) is 38.9 Å². The second-order valence-corrected chi connectivity index (χ2v) is 3.86. The zero-order chi connectivity index (χ0) is 8.97. The molecule has 68 valence electrons. The van der Waals surface area contributed by atoms with E-state index in [0.29, 0.717) is 0 Å². The molecule has 0 fully saturated rings. The van der Waals surface area contributed by atoms with Crippen molar-refractivity contribution in [3.63, 3.8) is 0 Å². The lowest BCUT2D eigenvalue weighted by Crippen LogP contribution is -2.10. The maximum Gasteiger partial charge on any atom is 0.0926 e. The van der Waals surface area contributed by atoms with E-state index in [1.807, 2.05) is 0 Å². The zero-order valence-corrected chi connectivity index (χ0v) is 8.53. The van der Waals surface area contributed by atoms with Gasteiger partial charge in [0.15, 0.2) is 0 Å². The van der Waals surface area contributed by atoms with Gasteiger partial charge in [0.25, 0.3) is 0 Å². The molecule has 0 aliphatic heterocycles. The van der Waals surface area contributed by atoms with E-state index in [-0.39, 0.29) is 6.04 Å². The number of rotatable bonds is 4. The molecule has 0 aliphatic rings. The second-order valence-electron chi connectivity index (χ2n) is 2.91. The molecule has 0 saturated carbocycles. The molecule has 1 aromatic heterocycles. The molecule has 12 heavy (non-hydrogen) atoms. The molecule has 2 N–H and O–H groups in total. The van der Waals surface area contributed by atoms with Crippen molar-refractivity contribution in [1.29, 1.82) is 0 Å². The number of nitrogens with zero attached hydrogens (tertiary/aromatic N) is 1. The van der Waals surface area contributed by atoms with Crippen LogP contribution in [0.15, 0.2) is 5.38 Å². The molecule has 0 saturated heterocycles. The molecule has 0 radical (unpaired) electrons. The highest BCUT2D eigenvalue weighted by atomic mass is 32.1. The van der Waals surface area contributed by atoms with Crippen LogP contribution in [0.4, 0.5) is 0 Å². The fourth-order valence-electron chi connectivity index (χ4n) is 1.12. The molecule has 1 unspecified atom stereocenters. The standard InChI is InChI=1S/C9H16N2S/c1-3-5-7(10)8-6-12-9(4-2)11-8/h6-7H,3-5,10H2,1-2H3. The Balaban J connectivity index is 2.61. The van der Waals surface area contributed by atoms with Crippen molar-refractivity contribution in [1.82, 2.24) is 4.98 Å². The van der Waals surface area contributed by atoms with Crippen LogP contribution in [-0.4, -0.2) is 4.98 Å². The van der Waals surface area contributed by atoms with Gasteiger partial charge in [-0.2, -0.15) is 0 Å². The molecular weight excluding hydrogens is 168 g/mol. The van der Waals surface area contributed by atoms with Crippen molar-refractivity contribution < 1.29 is 0 Å². The minimum Gasteiger partial charge on any atom is -0.323 e. The highest BCUT2D eigenvalue weighted by Gasteiger charge is 2.08. The van der Waals surface area contributed by atoms with Gasteiger partial charge in [-0.05, 0) is 12.8 Å². The molecule has 3 heteroatoms. The normalized spacial score (nSPS) is 13.2. The Morgan fingerprint density at radius 2 is 2.33 bits per heavy atom. The van der Waals surface area contributed by atoms with Crippen molar-refractivity contribution in [2.24, 2.45) is 5.73 Å². The van der Waals surface area contributed by atoms with Crippen LogP contribution < -0.4 is 5.73 Å². The van der Waals surface area contributed by atoms with Gasteiger partial charge in [-0.25, -0.2) is 4.98 Å². The van der Waals surface area contributed by atoms with Crippen molar-refractivity contribution in [2.45, 2.75) is 39.2 Å². The van der Waals surface area contributed by atoms with Crippen molar-refractivity contribution in [3.05, 3.63) is 16.1 Å². The van der Waals surface area contributed by atoms with Gasteiger partial charge in [0.2, 0.25) is 0 Å². The van der Waals surface area contributed by atoms with E-state index in [4.69, 9.17) is 5.73 Å². The Hall–Kier alpha value is -0.410. The summed E-state index contributed by atoms with van der Waals surface area (Å²) in [7, 11) is 0. The van der Waals surface area contributed by atoms with E-state index >= 15 is 0 Å². The number of hydrogen-bond donors (Lipinski definition) is 1. The summed E-state index contributed by atoms with van der Waals surface area (Å²) in [6.45, 7) is 4.26. The fraction of sp³-hybridized carbons (Fsp3) is 0.667. The summed E-state index contributed by atoms with van der Waals surface area (Å²) in [5, 5.41) is 3.27. The van der Waals surface area contributed by atoms with Gasteiger partial charge >= 0.3 is 0 Å². The first kappa shape index (κ1) is 9.68. The fourth-order valence-corrected chi connectivity index (χ4v) is 1.93. The number of hydrogen-bond acceptors (Lipinski definition) is 3. The van der Waals surface area contributed by atoms with E-state index in [1.54, 1.807) is 11.3 Å². The summed E-state index contributed by atoms with van der Waals surface area (Å²) in [5.74, 6) is 0. The lowest BCUT2D eigenvalue weighted by molar-refractivity contribution is 0.623. The molecule has 1 aromatic rings. The first-order chi connectivity index (χ1) is 5.77. The van der Waals surface area contributed by atoms with Gasteiger partial charge in [-0.3, -0.25) is 0 Å². The molecule has 1 rings (SSSR count). The van der Waals surface area contributed by atoms with Gasteiger partial charge in [0, 0.05) is 11.4 Å². The third kappa shape index (κ3) is 2.29. The van der Waals surface area contributed by atoms with Crippen LogP contribution >= 0.6 is 11.3 Å². The quantitative estimate of drug-likeness (QED) is 0.781. The van der Waals surface area contributed by atoms with Crippen LogP contribution in [0.1, 0.15) is 43.4 Å². The predicted molar refractivity (Wildman–Crippen MR) is 53.3 cm³/mol. The maximum atomic E-state index is 5.92. The Morgan fingerprint density at radius 1 is 1.58 bits per heavy atom. The third-order valence-corrected chi connectivity index (χ3v) is 2.86. The van der Waals surface area contributed by atoms with Crippen LogP contribution in [0.2, 0.25) is 0 Å². The van der Waals surface area contributed by atoms with Crippen LogP contribution in [0.3, 0.4) is 0 Å². The monoisotopic (exact) mass is 184 g/mol. The van der Waals surface area contributed by atoms with Crippen LogP contribution in [0.25, 0.3) is 0 Å². The summed E-state index contributed by atoms with van der Waals surface area (Å²) in [4.78, 5) is 4.44. The molecule has 0 spiro atoms. The first-order valence-corrected chi connectivity index (χ1v) is 5.35. The average molecular weight is 184 g/mol. The summed E-state index contributed by atoms with van der Waals surface area (Å²) in [6, 6.07) is 0.145. The van der Waals surface area contributed by atoms with Gasteiger partial charge in [-0.15, -0.1) is 11.3 Å². The maximum absolute atomic E-state index is 5.92. The van der Waals surface area contributed by atoms with E-state index in [0.717, 1.165) is 25.0 Å². The van der Waals surface area contributed by atoms with E-state index < -0.39 is 0 Å². The van der Waals surface area contributed by atoms with Gasteiger partial charge < -0.3 is 5.73 Å². The van der Waals surface area contributed by atoms with Crippen LogP contribution in [0.5, 0.6) is 0 Å². The third-order valence-electron chi connectivity index (χ3n) is 1.85. The van der Waals surface area contributed by atoms with Gasteiger partial charge in [-0.1, -0.05) is 20.3 Å². The van der Waals surface area contributed by atoms with Crippen LogP contribution in [0, 0.1) is 0 Å². The lowest BCUT2D eigenvalue weighted by Gasteiger charge is -2.05. The molecule has 1 atom stereocenters. The highest BCUT2D eigenvalue weighted by Crippen LogP contribution is 2.18. The summed E-state index contributed by atoms with van der Waals surface area (Å²) in [5.41, 5.74) is 6.99. The van der Waals surface area contributed by atoms with Crippen LogP contribution in [-0.2, 0) is 6.42 Å². The SMILES string of the molecule is CCCC(N)c1csc(CC)n1. The zero-order valence-electron chi connectivity index (χ0n) is 7.71. The summed E-state index contributed by atoms with van der Waals surface area (Å²) >= 11 is 1.71. The lowest BCUT2D eigenvalue weighted by atomic mass is 10.1. The smallest absolute Gasteiger partial charge is 0.0926 e. The highest BCUT2D eigenvalue weighted by molar-refractivity contribution is 7.09. The molecule has 2 nitrogen and oxygen atoms in total. The van der Waals surface area contributed by atoms with E-state index in [2.05, 4.69) is 24.2 Å². The molecule has 0 aliphatic carbocycles. The Morgan fingerprint density at radius 3 is 2.83 bits per heavy atom. The number of nitrogens with two attached hydrogens (primary N) is 1.